The van der Waals surface area contributed by atoms with Crippen molar-refractivity contribution in [2.24, 2.45) is 0 Å². The zero-order valence-electron chi connectivity index (χ0n) is 18.0. The average molecular weight is 432 g/mol. The first-order valence-electron chi connectivity index (χ1n) is 10.9. The van der Waals surface area contributed by atoms with Gasteiger partial charge in [-0.1, -0.05) is 6.07 Å². The molecule has 0 bridgehead atoms. The summed E-state index contributed by atoms with van der Waals surface area (Å²) in [6, 6.07) is 10.6. The highest BCUT2D eigenvalue weighted by molar-refractivity contribution is 7.09. The van der Waals surface area contributed by atoms with Gasteiger partial charge in [0.2, 0.25) is 0 Å². The Balaban J connectivity index is 1.35. The number of likely N-dealkylation sites (tertiary alicyclic amines) is 1. The van der Waals surface area contributed by atoms with E-state index < -0.39 is 0 Å². The number of rotatable bonds is 7. The molecular weight excluding hydrogens is 398 g/mol. The lowest BCUT2D eigenvalue weighted by atomic mass is 10.0. The number of carbonyl (C=O) groups excluding carboxylic acids is 1. The molecule has 0 spiro atoms. The van der Waals surface area contributed by atoms with Gasteiger partial charge in [-0.15, -0.1) is 11.3 Å². The molecule has 4 rings (SSSR count). The minimum absolute atomic E-state index is 0.282. The Bertz CT molecular complexity index is 834. The van der Waals surface area contributed by atoms with Gasteiger partial charge in [0.1, 0.15) is 24.1 Å². The zero-order chi connectivity index (χ0) is 20.9. The van der Waals surface area contributed by atoms with Crippen LogP contribution in [-0.2, 0) is 11.3 Å². The third-order valence-electron chi connectivity index (χ3n) is 6.50. The van der Waals surface area contributed by atoms with Crippen LogP contribution in [-0.4, -0.2) is 64.3 Å². The topological polar surface area (TPSA) is 47.6 Å². The smallest absolute Gasteiger partial charge is 0.278 e. The largest absolute Gasteiger partial charge is 0.497 e. The molecule has 2 fully saturated rings. The number of piperazine rings is 1. The van der Waals surface area contributed by atoms with Gasteiger partial charge in [-0.3, -0.25) is 4.79 Å². The van der Waals surface area contributed by atoms with Crippen LogP contribution in [0.1, 0.15) is 29.3 Å². The predicted molar refractivity (Wildman–Crippen MR) is 118 cm³/mol. The van der Waals surface area contributed by atoms with Gasteiger partial charge in [0.05, 0.1) is 57.4 Å². The van der Waals surface area contributed by atoms with E-state index in [2.05, 4.69) is 28.5 Å². The summed E-state index contributed by atoms with van der Waals surface area (Å²) in [6.07, 6.45) is 2.21. The van der Waals surface area contributed by atoms with Crippen molar-refractivity contribution in [1.82, 2.24) is 4.90 Å². The van der Waals surface area contributed by atoms with E-state index in [-0.39, 0.29) is 11.9 Å². The number of nitrogens with zero attached hydrogens (tertiary/aromatic N) is 1. The first kappa shape index (κ1) is 21.2. The van der Waals surface area contributed by atoms with E-state index in [1.54, 1.807) is 19.1 Å². The number of methoxy groups -OCH3 is 2. The third-order valence-corrected chi connectivity index (χ3v) is 7.38. The monoisotopic (exact) mass is 431 g/mol. The number of carbonyl (C=O) groups is 1. The predicted octanol–water partition coefficient (Wildman–Crippen LogP) is 0.412. The van der Waals surface area contributed by atoms with Crippen LogP contribution in [0.2, 0.25) is 0 Å². The molecule has 7 heteroatoms. The van der Waals surface area contributed by atoms with E-state index >= 15 is 0 Å². The van der Waals surface area contributed by atoms with Crippen molar-refractivity contribution in [2.45, 2.75) is 25.4 Å². The Labute approximate surface area is 183 Å². The summed E-state index contributed by atoms with van der Waals surface area (Å²) in [4.78, 5) is 19.5. The van der Waals surface area contributed by atoms with Crippen molar-refractivity contribution in [3.05, 3.63) is 46.2 Å². The Morgan fingerprint density at radius 1 is 1.17 bits per heavy atom. The molecule has 2 aliphatic heterocycles. The Kier molecular flexibility index (Phi) is 6.92. The molecule has 3 heterocycles. The Morgan fingerprint density at radius 3 is 2.70 bits per heavy atom. The van der Waals surface area contributed by atoms with Crippen LogP contribution in [0, 0.1) is 0 Å². The lowest BCUT2D eigenvalue weighted by molar-refractivity contribution is -0.918. The molecule has 30 heavy (non-hydrogen) atoms. The molecule has 1 aromatic heterocycles. The maximum absolute atomic E-state index is 13.1. The summed E-state index contributed by atoms with van der Waals surface area (Å²) in [5, 5.41) is 2.14. The van der Waals surface area contributed by atoms with Gasteiger partial charge in [-0.2, -0.15) is 0 Å². The van der Waals surface area contributed by atoms with Gasteiger partial charge >= 0.3 is 0 Å². The van der Waals surface area contributed by atoms with Crippen LogP contribution < -0.4 is 19.3 Å². The molecule has 1 aromatic carbocycles. The Hall–Kier alpha value is -2.09. The van der Waals surface area contributed by atoms with E-state index in [9.17, 15) is 4.79 Å². The SMILES string of the molecule is COc1ccc(OC)c([C@@H]2CCC[NH+]2CC(=O)N2CC[NH+](Cc3cccs3)CC2)c1. The van der Waals surface area contributed by atoms with E-state index in [4.69, 9.17) is 9.47 Å². The number of benzene rings is 1. The molecule has 0 aliphatic carbocycles. The fourth-order valence-electron chi connectivity index (χ4n) is 4.83. The van der Waals surface area contributed by atoms with Gasteiger partial charge in [0.25, 0.3) is 5.91 Å². The lowest BCUT2D eigenvalue weighted by Crippen LogP contribution is -3.14. The molecule has 6 nitrogen and oxygen atoms in total. The molecule has 1 unspecified atom stereocenters. The average Bonchev–Trinajstić information content (AvgIpc) is 3.46. The van der Waals surface area contributed by atoms with E-state index in [0.717, 1.165) is 69.2 Å². The van der Waals surface area contributed by atoms with Gasteiger partial charge in [-0.25, -0.2) is 0 Å². The Morgan fingerprint density at radius 2 is 2.00 bits per heavy atom. The maximum Gasteiger partial charge on any atom is 0.278 e. The van der Waals surface area contributed by atoms with Crippen LogP contribution >= 0.6 is 11.3 Å². The van der Waals surface area contributed by atoms with Crippen LogP contribution in [0.15, 0.2) is 35.7 Å². The fourth-order valence-corrected chi connectivity index (χ4v) is 5.60. The summed E-state index contributed by atoms with van der Waals surface area (Å²) >= 11 is 1.82. The normalized spacial score (nSPS) is 22.3. The van der Waals surface area contributed by atoms with E-state index in [1.165, 1.54) is 9.78 Å². The molecule has 1 amide bonds. The van der Waals surface area contributed by atoms with Crippen LogP contribution in [0.4, 0.5) is 0 Å². The molecule has 2 aliphatic rings. The number of amides is 1. The highest BCUT2D eigenvalue weighted by Gasteiger charge is 2.35. The molecule has 162 valence electrons. The summed E-state index contributed by atoms with van der Waals surface area (Å²) in [6.45, 7) is 6.46. The van der Waals surface area contributed by atoms with Crippen LogP contribution in [0.25, 0.3) is 0 Å². The van der Waals surface area contributed by atoms with Crippen molar-refractivity contribution in [3.8, 4) is 11.5 Å². The van der Waals surface area contributed by atoms with Crippen molar-refractivity contribution >= 4 is 17.2 Å². The third kappa shape index (κ3) is 4.79. The van der Waals surface area contributed by atoms with Crippen LogP contribution in [0.3, 0.4) is 0 Å². The first-order valence-corrected chi connectivity index (χ1v) is 11.8. The number of hydrogen-bond acceptors (Lipinski definition) is 4. The highest BCUT2D eigenvalue weighted by atomic mass is 32.1. The van der Waals surface area contributed by atoms with Gasteiger partial charge in [0, 0.05) is 12.8 Å². The number of thiophene rings is 1. The zero-order valence-corrected chi connectivity index (χ0v) is 18.8. The molecule has 2 atom stereocenters. The minimum Gasteiger partial charge on any atom is -0.497 e. The standard InChI is InChI=1S/C23H31N3O3S/c1-28-18-7-8-22(29-2)20(15-18)21-6-3-9-26(21)17-23(27)25-12-10-24(11-13-25)16-19-5-4-14-30-19/h4-5,7-8,14-15,21H,3,6,9-13,16-17H2,1-2H3/p+2/t21-/m0/s1. The minimum atomic E-state index is 0.282. The van der Waals surface area contributed by atoms with Gasteiger partial charge in [-0.05, 0) is 29.6 Å². The first-order chi connectivity index (χ1) is 14.7. The number of hydrogen-bond donors (Lipinski definition) is 2. The highest BCUT2D eigenvalue weighted by Crippen LogP contribution is 2.31. The lowest BCUT2D eigenvalue weighted by Gasteiger charge is -2.33. The number of ether oxygens (including phenoxy) is 2. The molecule has 0 saturated carbocycles. The second-order valence-corrected chi connectivity index (χ2v) is 9.31. The fraction of sp³-hybridized carbons (Fsp3) is 0.522. The molecule has 2 N–H and O–H groups in total. The molecule has 2 saturated heterocycles. The van der Waals surface area contributed by atoms with E-state index in [0.29, 0.717) is 6.54 Å². The molecule has 0 radical (unpaired) electrons. The maximum atomic E-state index is 13.1. The summed E-state index contributed by atoms with van der Waals surface area (Å²) in [5.41, 5.74) is 1.15. The number of nitrogens with one attached hydrogen (secondary N) is 2. The summed E-state index contributed by atoms with van der Waals surface area (Å²) in [7, 11) is 3.40. The van der Waals surface area contributed by atoms with Gasteiger partial charge in [0.15, 0.2) is 6.54 Å². The van der Waals surface area contributed by atoms with E-state index in [1.807, 2.05) is 23.5 Å². The molecular formula is C23H33N3O3S+2. The van der Waals surface area contributed by atoms with Crippen molar-refractivity contribution in [1.29, 1.82) is 0 Å². The molecule has 2 aromatic rings. The van der Waals surface area contributed by atoms with Crippen molar-refractivity contribution in [3.63, 3.8) is 0 Å². The summed E-state index contributed by atoms with van der Waals surface area (Å²) in [5.74, 6) is 2.01. The summed E-state index contributed by atoms with van der Waals surface area (Å²) < 4.78 is 11.0. The second kappa shape index (κ2) is 9.81. The van der Waals surface area contributed by atoms with Crippen LogP contribution in [0.5, 0.6) is 11.5 Å². The second-order valence-electron chi connectivity index (χ2n) is 8.27. The van der Waals surface area contributed by atoms with Crippen molar-refractivity contribution < 1.29 is 24.1 Å². The van der Waals surface area contributed by atoms with Crippen molar-refractivity contribution in [2.75, 3.05) is 53.5 Å². The number of quaternary nitrogens is 2. The van der Waals surface area contributed by atoms with Gasteiger partial charge < -0.3 is 24.2 Å². The quantitative estimate of drug-likeness (QED) is 0.668.